The first kappa shape index (κ1) is 22.9. The number of alkyl halides is 3. The lowest BCUT2D eigenvalue weighted by Crippen LogP contribution is -2.58. The molecule has 0 aromatic carbocycles. The number of morpholine rings is 1. The van der Waals surface area contributed by atoms with Crippen LogP contribution in [0.1, 0.15) is 23.2 Å². The smallest absolute Gasteiger partial charge is 0.475 e. The van der Waals surface area contributed by atoms with Crippen molar-refractivity contribution in [1.29, 1.82) is 0 Å². The summed E-state index contributed by atoms with van der Waals surface area (Å²) < 4.78 is 37.9. The molecule has 1 spiro atoms. The van der Waals surface area contributed by atoms with Crippen LogP contribution in [0.3, 0.4) is 0 Å². The maximum atomic E-state index is 12.6. The molecule has 0 bridgehead atoms. The van der Waals surface area contributed by atoms with E-state index in [1.54, 1.807) is 23.7 Å². The number of hydrogen-bond acceptors (Lipinski definition) is 7. The Morgan fingerprint density at radius 1 is 1.16 bits per heavy atom. The van der Waals surface area contributed by atoms with Crippen LogP contribution < -0.4 is 4.90 Å². The number of thiophene rings is 1. The van der Waals surface area contributed by atoms with Gasteiger partial charge in [-0.1, -0.05) is 0 Å². The number of ether oxygens (including phenoxy) is 1. The van der Waals surface area contributed by atoms with Gasteiger partial charge in [0, 0.05) is 37.4 Å². The molecule has 12 heteroatoms. The van der Waals surface area contributed by atoms with Crippen molar-refractivity contribution in [2.45, 2.75) is 24.6 Å². The Bertz CT molecular complexity index is 872. The van der Waals surface area contributed by atoms with E-state index in [2.05, 4.69) is 14.9 Å². The zero-order valence-corrected chi connectivity index (χ0v) is 17.2. The number of aromatic nitrogens is 2. The maximum absolute atomic E-state index is 12.6. The van der Waals surface area contributed by atoms with Crippen molar-refractivity contribution < 1.29 is 32.6 Å². The zero-order chi connectivity index (χ0) is 22.5. The molecular weight excluding hydrogens is 437 g/mol. The standard InChI is InChI=1S/C17H20N4O2S.C2HF3O2/c22-15(14-2-11-24-12-14)21-9-10-23-17(13-21)3-7-20(8-4-17)16-18-5-1-6-19-16;3-2(4,5)1(6)7/h1-2,5-6,11-12H,3-4,7-10,13H2;(H,6,7). The van der Waals surface area contributed by atoms with Gasteiger partial charge in [-0.2, -0.15) is 24.5 Å². The average Bonchev–Trinajstić information content (AvgIpc) is 3.29. The molecule has 0 saturated carbocycles. The second kappa shape index (κ2) is 9.60. The number of carboxylic acid groups (broad SMARTS) is 1. The predicted octanol–water partition coefficient (Wildman–Crippen LogP) is 2.68. The van der Waals surface area contributed by atoms with E-state index < -0.39 is 12.1 Å². The first-order valence-electron chi connectivity index (χ1n) is 9.48. The Morgan fingerprint density at radius 2 is 1.81 bits per heavy atom. The van der Waals surface area contributed by atoms with Gasteiger partial charge in [-0.3, -0.25) is 4.79 Å². The van der Waals surface area contributed by atoms with Gasteiger partial charge >= 0.3 is 12.1 Å². The number of anilines is 1. The van der Waals surface area contributed by atoms with Crippen LogP contribution in [0.5, 0.6) is 0 Å². The number of halogens is 3. The van der Waals surface area contributed by atoms with Gasteiger partial charge in [-0.25, -0.2) is 14.8 Å². The third kappa shape index (κ3) is 5.91. The number of piperidine rings is 1. The number of amides is 1. The van der Waals surface area contributed by atoms with E-state index in [0.29, 0.717) is 19.7 Å². The lowest BCUT2D eigenvalue weighted by Gasteiger charge is -2.47. The first-order chi connectivity index (χ1) is 14.7. The van der Waals surface area contributed by atoms with E-state index in [1.165, 1.54) is 0 Å². The third-order valence-electron chi connectivity index (χ3n) is 5.06. The van der Waals surface area contributed by atoms with Gasteiger partial charge in [0.05, 0.1) is 24.3 Å². The quantitative estimate of drug-likeness (QED) is 0.739. The van der Waals surface area contributed by atoms with Crippen LogP contribution in [-0.2, 0) is 9.53 Å². The minimum atomic E-state index is -5.08. The van der Waals surface area contributed by atoms with Crippen molar-refractivity contribution in [1.82, 2.24) is 14.9 Å². The van der Waals surface area contributed by atoms with Gasteiger partial charge in [0.25, 0.3) is 5.91 Å². The van der Waals surface area contributed by atoms with Gasteiger partial charge in [-0.05, 0) is 30.4 Å². The minimum Gasteiger partial charge on any atom is -0.475 e. The van der Waals surface area contributed by atoms with Gasteiger partial charge in [0.1, 0.15) is 0 Å². The van der Waals surface area contributed by atoms with E-state index >= 15 is 0 Å². The molecule has 168 valence electrons. The molecule has 2 fully saturated rings. The highest BCUT2D eigenvalue weighted by Crippen LogP contribution is 2.31. The van der Waals surface area contributed by atoms with E-state index in [0.717, 1.165) is 37.4 Å². The highest BCUT2D eigenvalue weighted by Gasteiger charge is 2.41. The molecule has 2 aliphatic rings. The molecule has 2 aromatic rings. The molecule has 0 unspecified atom stereocenters. The molecule has 1 amide bonds. The number of hydrogen-bond donors (Lipinski definition) is 1. The van der Waals surface area contributed by atoms with Crippen molar-refractivity contribution in [2.24, 2.45) is 0 Å². The first-order valence-corrected chi connectivity index (χ1v) is 10.4. The fourth-order valence-electron chi connectivity index (χ4n) is 3.46. The molecule has 4 rings (SSSR count). The van der Waals surface area contributed by atoms with E-state index in [4.69, 9.17) is 14.6 Å². The summed E-state index contributed by atoms with van der Waals surface area (Å²) in [6.45, 7) is 3.65. The Labute approximate surface area is 180 Å². The van der Waals surface area contributed by atoms with Crippen LogP contribution >= 0.6 is 11.3 Å². The summed E-state index contributed by atoms with van der Waals surface area (Å²) in [5.74, 6) is -1.87. The van der Waals surface area contributed by atoms with Crippen molar-refractivity contribution >= 4 is 29.2 Å². The van der Waals surface area contributed by atoms with Gasteiger partial charge in [0.2, 0.25) is 5.95 Å². The molecule has 2 saturated heterocycles. The number of carboxylic acids is 1. The molecule has 2 aromatic heterocycles. The zero-order valence-electron chi connectivity index (χ0n) is 16.4. The Hall–Kier alpha value is -2.73. The highest BCUT2D eigenvalue weighted by atomic mass is 32.1. The van der Waals surface area contributed by atoms with Crippen LogP contribution in [0.15, 0.2) is 35.3 Å². The topological polar surface area (TPSA) is 95.9 Å². The summed E-state index contributed by atoms with van der Waals surface area (Å²) in [5, 5.41) is 11.0. The molecular formula is C19H21F3N4O4S. The van der Waals surface area contributed by atoms with Crippen LogP contribution in [0.2, 0.25) is 0 Å². The fourth-order valence-corrected chi connectivity index (χ4v) is 4.09. The van der Waals surface area contributed by atoms with E-state index in [1.807, 2.05) is 27.8 Å². The van der Waals surface area contributed by atoms with Crippen LogP contribution in [-0.4, -0.2) is 76.4 Å². The summed E-state index contributed by atoms with van der Waals surface area (Å²) in [4.78, 5) is 34.3. The average molecular weight is 458 g/mol. The SMILES string of the molecule is O=C(O)C(F)(F)F.O=C(c1ccsc1)N1CCOC2(CCN(c3ncccn3)CC2)C1. The van der Waals surface area contributed by atoms with Gasteiger partial charge in [0.15, 0.2) is 0 Å². The molecule has 31 heavy (non-hydrogen) atoms. The lowest BCUT2D eigenvalue weighted by molar-refractivity contribution is -0.192. The van der Waals surface area contributed by atoms with Crippen molar-refractivity contribution in [2.75, 3.05) is 37.7 Å². The number of nitrogens with zero attached hydrogens (tertiary/aromatic N) is 4. The van der Waals surface area contributed by atoms with Crippen molar-refractivity contribution in [3.63, 3.8) is 0 Å². The fraction of sp³-hybridized carbons (Fsp3) is 0.474. The molecule has 1 N–H and O–H groups in total. The summed E-state index contributed by atoms with van der Waals surface area (Å²) in [6, 6.07) is 3.72. The Kier molecular flexibility index (Phi) is 7.11. The van der Waals surface area contributed by atoms with Crippen LogP contribution in [0, 0.1) is 0 Å². The number of carbonyl (C=O) groups is 2. The van der Waals surface area contributed by atoms with Crippen LogP contribution in [0.25, 0.3) is 0 Å². The molecule has 2 aliphatic heterocycles. The summed E-state index contributed by atoms with van der Waals surface area (Å²) >= 11 is 1.56. The molecule has 0 atom stereocenters. The molecule has 0 aliphatic carbocycles. The molecule has 0 radical (unpaired) electrons. The predicted molar refractivity (Wildman–Crippen MR) is 106 cm³/mol. The highest BCUT2D eigenvalue weighted by molar-refractivity contribution is 7.08. The largest absolute Gasteiger partial charge is 0.490 e. The monoisotopic (exact) mass is 458 g/mol. The van der Waals surface area contributed by atoms with Crippen LogP contribution in [0.4, 0.5) is 19.1 Å². The van der Waals surface area contributed by atoms with Crippen molar-refractivity contribution in [3.8, 4) is 0 Å². The lowest BCUT2D eigenvalue weighted by atomic mass is 9.89. The Balaban J connectivity index is 0.000000339. The number of carbonyl (C=O) groups excluding carboxylic acids is 1. The third-order valence-corrected chi connectivity index (χ3v) is 5.74. The Morgan fingerprint density at radius 3 is 2.35 bits per heavy atom. The van der Waals surface area contributed by atoms with E-state index in [-0.39, 0.29) is 11.5 Å². The van der Waals surface area contributed by atoms with E-state index in [9.17, 15) is 18.0 Å². The van der Waals surface area contributed by atoms with Gasteiger partial charge in [-0.15, -0.1) is 0 Å². The van der Waals surface area contributed by atoms with Crippen molar-refractivity contribution in [3.05, 3.63) is 40.8 Å². The summed E-state index contributed by atoms with van der Waals surface area (Å²) in [6.07, 6.45) is 0.230. The second-order valence-corrected chi connectivity index (χ2v) is 7.89. The number of rotatable bonds is 2. The second-order valence-electron chi connectivity index (χ2n) is 7.11. The summed E-state index contributed by atoms with van der Waals surface area (Å²) in [5.41, 5.74) is 0.557. The summed E-state index contributed by atoms with van der Waals surface area (Å²) in [7, 11) is 0. The normalized spacial score (nSPS) is 18.3. The van der Waals surface area contributed by atoms with Gasteiger partial charge < -0.3 is 19.6 Å². The molecule has 4 heterocycles. The maximum Gasteiger partial charge on any atom is 0.490 e. The molecule has 8 nitrogen and oxygen atoms in total. The minimum absolute atomic E-state index is 0.118. The number of aliphatic carboxylic acids is 1.